The second kappa shape index (κ2) is 8.85. The highest BCUT2D eigenvalue weighted by Gasteiger charge is 2.30. The topological polar surface area (TPSA) is 107 Å². The van der Waals surface area contributed by atoms with Crippen molar-refractivity contribution < 1.29 is 18.8 Å². The van der Waals surface area contributed by atoms with E-state index in [0.29, 0.717) is 31.4 Å². The van der Waals surface area contributed by atoms with Crippen molar-refractivity contribution in [3.05, 3.63) is 47.8 Å². The van der Waals surface area contributed by atoms with Crippen LogP contribution in [0.4, 0.5) is 10.1 Å². The van der Waals surface area contributed by atoms with Crippen molar-refractivity contribution in [2.24, 2.45) is 5.92 Å². The second-order valence-electron chi connectivity index (χ2n) is 7.10. The van der Waals surface area contributed by atoms with Gasteiger partial charge >= 0.3 is 0 Å². The molecule has 3 N–H and O–H groups in total. The van der Waals surface area contributed by atoms with Crippen LogP contribution in [0.1, 0.15) is 46.7 Å². The van der Waals surface area contributed by atoms with Crippen molar-refractivity contribution >= 4 is 23.4 Å². The molecule has 0 spiro atoms. The molecule has 1 aromatic heterocycles. The van der Waals surface area contributed by atoms with E-state index in [4.69, 9.17) is 0 Å². The zero-order chi connectivity index (χ0) is 21.0. The van der Waals surface area contributed by atoms with E-state index in [2.05, 4.69) is 20.6 Å². The number of rotatable bonds is 5. The minimum absolute atomic E-state index is 0.0180. The summed E-state index contributed by atoms with van der Waals surface area (Å²) >= 11 is 0. The summed E-state index contributed by atoms with van der Waals surface area (Å²) in [5.74, 6) is -1.34. The maximum atomic E-state index is 13.1. The van der Waals surface area contributed by atoms with E-state index in [0.717, 1.165) is 0 Å². The number of imidazole rings is 1. The van der Waals surface area contributed by atoms with Gasteiger partial charge in [-0.25, -0.2) is 9.37 Å². The number of carbonyl (C=O) groups excluding carboxylic acids is 3. The lowest BCUT2D eigenvalue weighted by atomic mass is 9.85. The van der Waals surface area contributed by atoms with Gasteiger partial charge in [-0.3, -0.25) is 14.4 Å². The van der Waals surface area contributed by atoms with Crippen LogP contribution in [-0.2, 0) is 4.79 Å². The molecular formula is C20H24FN5O3. The van der Waals surface area contributed by atoms with Crippen LogP contribution in [0.5, 0.6) is 0 Å². The molecule has 1 aliphatic rings. The van der Waals surface area contributed by atoms with Crippen molar-refractivity contribution in [1.29, 1.82) is 0 Å². The monoisotopic (exact) mass is 401 g/mol. The van der Waals surface area contributed by atoms with Gasteiger partial charge in [-0.2, -0.15) is 0 Å². The van der Waals surface area contributed by atoms with Crippen LogP contribution in [0.15, 0.2) is 30.6 Å². The summed E-state index contributed by atoms with van der Waals surface area (Å²) in [4.78, 5) is 45.1. The Hall–Kier alpha value is -3.23. The summed E-state index contributed by atoms with van der Waals surface area (Å²) in [5, 5.41) is 5.36. The highest BCUT2D eigenvalue weighted by Crippen LogP contribution is 2.28. The molecule has 1 aliphatic carbocycles. The Labute approximate surface area is 167 Å². The van der Waals surface area contributed by atoms with Crippen molar-refractivity contribution in [3.8, 4) is 0 Å². The predicted molar refractivity (Wildman–Crippen MR) is 105 cm³/mol. The Kier molecular flexibility index (Phi) is 6.26. The van der Waals surface area contributed by atoms with E-state index < -0.39 is 11.8 Å². The number of benzene rings is 1. The van der Waals surface area contributed by atoms with Gasteiger partial charge in [0.1, 0.15) is 11.5 Å². The van der Waals surface area contributed by atoms with E-state index in [1.165, 1.54) is 25.5 Å². The third-order valence-corrected chi connectivity index (χ3v) is 5.26. The molecule has 1 aromatic carbocycles. The molecule has 3 rings (SSSR count). The van der Waals surface area contributed by atoms with Gasteiger partial charge in [-0.1, -0.05) is 0 Å². The van der Waals surface area contributed by atoms with Crippen LogP contribution in [0, 0.1) is 11.7 Å². The van der Waals surface area contributed by atoms with E-state index in [1.54, 1.807) is 24.1 Å². The average Bonchev–Trinajstić information content (AvgIpc) is 3.23. The molecule has 1 fully saturated rings. The summed E-state index contributed by atoms with van der Waals surface area (Å²) in [6.07, 6.45) is 3.88. The predicted octanol–water partition coefficient (Wildman–Crippen LogP) is 1.86. The number of carbonyl (C=O) groups is 3. The lowest BCUT2D eigenvalue weighted by Gasteiger charge is -2.31. The largest absolute Gasteiger partial charge is 0.354 e. The van der Waals surface area contributed by atoms with E-state index in [1.807, 2.05) is 0 Å². The van der Waals surface area contributed by atoms with Crippen LogP contribution in [0.2, 0.25) is 0 Å². The number of aromatic nitrogens is 2. The quantitative estimate of drug-likeness (QED) is 0.711. The normalized spacial score (nSPS) is 18.7. The Bertz CT molecular complexity index is 888. The Morgan fingerprint density at radius 2 is 1.76 bits per heavy atom. The van der Waals surface area contributed by atoms with Crippen molar-refractivity contribution in [3.63, 3.8) is 0 Å². The fourth-order valence-electron chi connectivity index (χ4n) is 3.57. The molecule has 0 bridgehead atoms. The van der Waals surface area contributed by atoms with Crippen LogP contribution in [0.25, 0.3) is 0 Å². The maximum Gasteiger partial charge on any atom is 0.272 e. The van der Waals surface area contributed by atoms with Crippen LogP contribution in [-0.4, -0.2) is 47.8 Å². The average molecular weight is 401 g/mol. The van der Waals surface area contributed by atoms with Gasteiger partial charge in [0.25, 0.3) is 11.8 Å². The van der Waals surface area contributed by atoms with Crippen molar-refractivity contribution in [2.75, 3.05) is 19.0 Å². The van der Waals surface area contributed by atoms with Gasteiger partial charge in [0.2, 0.25) is 5.91 Å². The summed E-state index contributed by atoms with van der Waals surface area (Å²) in [5.41, 5.74) is 0.820. The molecule has 2 aromatic rings. The molecule has 154 valence electrons. The molecule has 0 radical (unpaired) electrons. The van der Waals surface area contributed by atoms with Crippen LogP contribution >= 0.6 is 0 Å². The summed E-state index contributed by atoms with van der Waals surface area (Å²) in [6, 6.07) is 5.72. The van der Waals surface area contributed by atoms with Crippen molar-refractivity contribution in [2.45, 2.75) is 31.7 Å². The lowest BCUT2D eigenvalue weighted by Crippen LogP contribution is -2.42. The number of nitrogens with zero attached hydrogens (tertiary/aromatic N) is 2. The Morgan fingerprint density at radius 3 is 2.38 bits per heavy atom. The zero-order valence-corrected chi connectivity index (χ0v) is 16.4. The van der Waals surface area contributed by atoms with Crippen LogP contribution < -0.4 is 15.5 Å². The lowest BCUT2D eigenvalue weighted by molar-refractivity contribution is -0.123. The number of anilines is 1. The Morgan fingerprint density at radius 1 is 1.10 bits per heavy atom. The number of nitrogens with one attached hydrogen (secondary N) is 3. The molecule has 29 heavy (non-hydrogen) atoms. The maximum absolute atomic E-state index is 13.1. The number of hydrogen-bond donors (Lipinski definition) is 3. The first-order valence-electron chi connectivity index (χ1n) is 9.50. The van der Waals surface area contributed by atoms with Crippen molar-refractivity contribution in [1.82, 2.24) is 20.6 Å². The number of amides is 3. The molecule has 0 unspecified atom stereocenters. The number of halogens is 1. The molecule has 1 saturated carbocycles. The minimum Gasteiger partial charge on any atom is -0.354 e. The summed E-state index contributed by atoms with van der Waals surface area (Å²) in [7, 11) is 3.16. The zero-order valence-electron chi connectivity index (χ0n) is 16.4. The summed E-state index contributed by atoms with van der Waals surface area (Å²) < 4.78 is 13.1. The molecule has 1 heterocycles. The molecule has 0 atom stereocenters. The third-order valence-electron chi connectivity index (χ3n) is 5.26. The van der Waals surface area contributed by atoms with Gasteiger partial charge in [0.05, 0.1) is 6.33 Å². The molecule has 8 nitrogen and oxygen atoms in total. The molecule has 0 saturated heterocycles. The van der Waals surface area contributed by atoms with Gasteiger partial charge in [0, 0.05) is 31.7 Å². The standard InChI is InChI=1S/C20H24FN5O3/c1-22-18(27)16-17(24-11-23-16)19(28)25-14-7-3-12(4-8-14)20(29)26(2)15-9-5-13(21)6-10-15/h5-6,9-12,14H,3-4,7-8H2,1-2H3,(H,22,27)(H,23,24)(H,25,28). The fraction of sp³-hybridized carbons (Fsp3) is 0.400. The van der Waals surface area contributed by atoms with E-state index in [-0.39, 0.29) is 35.1 Å². The van der Waals surface area contributed by atoms with Gasteiger partial charge < -0.3 is 20.5 Å². The van der Waals surface area contributed by atoms with E-state index in [9.17, 15) is 18.8 Å². The molecule has 0 aliphatic heterocycles. The number of H-pyrrole nitrogens is 1. The smallest absolute Gasteiger partial charge is 0.272 e. The first-order valence-corrected chi connectivity index (χ1v) is 9.50. The highest BCUT2D eigenvalue weighted by atomic mass is 19.1. The highest BCUT2D eigenvalue weighted by molar-refractivity contribution is 6.04. The molecule has 3 amide bonds. The number of hydrogen-bond acceptors (Lipinski definition) is 4. The summed E-state index contributed by atoms with van der Waals surface area (Å²) in [6.45, 7) is 0. The van der Waals surface area contributed by atoms with Crippen LogP contribution in [0.3, 0.4) is 0 Å². The SMILES string of the molecule is CNC(=O)c1[nH]cnc1C(=O)NC1CCC(C(=O)N(C)c2ccc(F)cc2)CC1. The second-order valence-corrected chi connectivity index (χ2v) is 7.10. The third kappa shape index (κ3) is 4.61. The van der Waals surface area contributed by atoms with Gasteiger partial charge in [-0.15, -0.1) is 0 Å². The first kappa shape index (κ1) is 20.5. The minimum atomic E-state index is -0.414. The van der Waals surface area contributed by atoms with Gasteiger partial charge in [0.15, 0.2) is 5.69 Å². The number of aromatic amines is 1. The fourth-order valence-corrected chi connectivity index (χ4v) is 3.57. The van der Waals surface area contributed by atoms with E-state index >= 15 is 0 Å². The Balaban J connectivity index is 1.54. The first-order chi connectivity index (χ1) is 13.9. The molecular weight excluding hydrogens is 377 g/mol. The van der Waals surface area contributed by atoms with Gasteiger partial charge in [-0.05, 0) is 49.9 Å². The molecule has 9 heteroatoms.